The number of fused-ring (bicyclic) bond motifs is 2. The Kier molecular flexibility index (Phi) is 6.53. The van der Waals surface area contributed by atoms with Gasteiger partial charge in [-0.2, -0.15) is 9.50 Å². The minimum atomic E-state index is 0.0848. The molecule has 0 fully saturated rings. The van der Waals surface area contributed by atoms with Crippen LogP contribution in [0.2, 0.25) is 0 Å². The van der Waals surface area contributed by atoms with Gasteiger partial charge in [0.25, 0.3) is 0 Å². The highest BCUT2D eigenvalue weighted by Crippen LogP contribution is 2.39. The summed E-state index contributed by atoms with van der Waals surface area (Å²) in [5, 5.41) is 9.98. The van der Waals surface area contributed by atoms with Gasteiger partial charge in [-0.3, -0.25) is 4.90 Å². The van der Waals surface area contributed by atoms with E-state index in [2.05, 4.69) is 94.1 Å². The highest BCUT2D eigenvalue weighted by molar-refractivity contribution is 7.99. The lowest BCUT2D eigenvalue weighted by Gasteiger charge is -2.31. The van der Waals surface area contributed by atoms with Crippen molar-refractivity contribution in [1.82, 2.24) is 25.0 Å². The van der Waals surface area contributed by atoms with Crippen LogP contribution in [0.4, 0.5) is 0 Å². The third kappa shape index (κ3) is 4.52. The second-order valence-electron chi connectivity index (χ2n) is 10.6. The fourth-order valence-electron chi connectivity index (χ4n) is 5.16. The Balaban J connectivity index is 1.47. The zero-order valence-corrected chi connectivity index (χ0v) is 23.2. The summed E-state index contributed by atoms with van der Waals surface area (Å²) >= 11 is 1.57. The molecule has 2 aromatic carbocycles. The quantitative estimate of drug-likeness (QED) is 0.279. The van der Waals surface area contributed by atoms with Crippen molar-refractivity contribution < 1.29 is 4.74 Å². The summed E-state index contributed by atoms with van der Waals surface area (Å²) in [7, 11) is 0. The van der Waals surface area contributed by atoms with E-state index < -0.39 is 0 Å². The number of rotatable bonds is 7. The average Bonchev–Trinajstić information content (AvgIpc) is 3.64. The molecule has 0 radical (unpaired) electrons. The molecule has 0 aliphatic carbocycles. The number of amidine groups is 1. The summed E-state index contributed by atoms with van der Waals surface area (Å²) in [6, 6.07) is 15.0. The van der Waals surface area contributed by atoms with Gasteiger partial charge in [-0.1, -0.05) is 38.6 Å². The summed E-state index contributed by atoms with van der Waals surface area (Å²) in [5.74, 6) is 2.18. The van der Waals surface area contributed by atoms with Crippen LogP contribution in [0.1, 0.15) is 37.6 Å². The Hall–Kier alpha value is -3.49. The number of hydrogen-bond donors (Lipinski definition) is 2. The molecule has 2 aromatic heterocycles. The molecule has 8 heteroatoms. The van der Waals surface area contributed by atoms with Crippen molar-refractivity contribution in [2.75, 3.05) is 13.2 Å². The number of H-pyrrole nitrogens is 1. The first kappa shape index (κ1) is 24.8. The Morgan fingerprint density at radius 3 is 2.89 bits per heavy atom. The normalized spacial score (nSPS) is 17.5. The Labute approximate surface area is 228 Å². The van der Waals surface area contributed by atoms with Crippen LogP contribution in [-0.2, 0) is 13.0 Å². The highest BCUT2D eigenvalue weighted by atomic mass is 32.2. The Morgan fingerprint density at radius 2 is 2.11 bits per heavy atom. The molecule has 4 heterocycles. The van der Waals surface area contributed by atoms with Gasteiger partial charge in [0, 0.05) is 59.7 Å². The molecule has 38 heavy (non-hydrogen) atoms. The number of hydrogen-bond acceptors (Lipinski definition) is 6. The first-order chi connectivity index (χ1) is 18.4. The third-order valence-corrected chi connectivity index (χ3v) is 8.02. The zero-order valence-electron chi connectivity index (χ0n) is 22.4. The second kappa shape index (κ2) is 10.0. The van der Waals surface area contributed by atoms with Crippen LogP contribution in [0.3, 0.4) is 0 Å². The van der Waals surface area contributed by atoms with E-state index in [-0.39, 0.29) is 5.50 Å². The highest BCUT2D eigenvalue weighted by Gasteiger charge is 2.33. The first-order valence-electron chi connectivity index (χ1n) is 13.2. The molecule has 0 bridgehead atoms. The van der Waals surface area contributed by atoms with E-state index in [4.69, 9.17) is 9.84 Å². The van der Waals surface area contributed by atoms with Gasteiger partial charge in [0.2, 0.25) is 0 Å². The number of nitrogens with zero attached hydrogens (tertiary/aromatic N) is 4. The summed E-state index contributed by atoms with van der Waals surface area (Å²) < 4.78 is 13.1. The molecule has 2 N–H and O–H groups in total. The summed E-state index contributed by atoms with van der Waals surface area (Å²) in [6.45, 7) is 14.9. The molecule has 2 aliphatic rings. The maximum atomic E-state index is 6.34. The number of aromatic nitrogens is 3. The van der Waals surface area contributed by atoms with Gasteiger partial charge in [-0.15, -0.1) is 0 Å². The lowest BCUT2D eigenvalue weighted by Crippen LogP contribution is -2.45. The lowest BCUT2D eigenvalue weighted by molar-refractivity contribution is 0.228. The number of aromatic amines is 1. The minimum Gasteiger partial charge on any atom is -0.491 e. The molecule has 4 aromatic rings. The molecule has 6 rings (SSSR count). The molecule has 2 aliphatic heterocycles. The minimum absolute atomic E-state index is 0.0848. The van der Waals surface area contributed by atoms with Crippen LogP contribution >= 0.6 is 11.9 Å². The standard InChI is InChI=1S/C30H34N6OS/c1-18(2)17-37-26-8-6-7-20(5)27(26)36-28(22-9-10-24-21(15-22)11-13-31-24)23-16-35(14-12-25(23)33-36)30-32-29(19(3)4)34-38-30/h6-11,13,15,18,30-31H,3,12,14,16-17H2,1-2,4-5H3,(H,32,34). The Bertz CT molecular complexity index is 1550. The van der Waals surface area contributed by atoms with E-state index in [1.807, 2.05) is 13.1 Å². The molecule has 1 unspecified atom stereocenters. The number of benzene rings is 2. The van der Waals surface area contributed by atoms with E-state index in [0.29, 0.717) is 12.5 Å². The molecule has 0 spiro atoms. The van der Waals surface area contributed by atoms with E-state index in [9.17, 15) is 0 Å². The maximum absolute atomic E-state index is 6.34. The summed E-state index contributed by atoms with van der Waals surface area (Å²) in [6.07, 6.45) is 2.86. The monoisotopic (exact) mass is 526 g/mol. The molecule has 0 amide bonds. The van der Waals surface area contributed by atoms with Gasteiger partial charge in [0.15, 0.2) is 5.50 Å². The SMILES string of the molecule is C=C(C)C1=NSC(N2CCc3nn(-c4c(C)cccc4OCC(C)C)c(-c4ccc5[nH]ccc5c4)c3C2)N1. The zero-order chi connectivity index (χ0) is 26.4. The smallest absolute Gasteiger partial charge is 0.151 e. The average molecular weight is 527 g/mol. The number of aryl methyl sites for hydroxylation is 1. The second-order valence-corrected chi connectivity index (χ2v) is 11.5. The fourth-order valence-corrected chi connectivity index (χ4v) is 6.05. The van der Waals surface area contributed by atoms with Crippen molar-refractivity contribution in [3.05, 3.63) is 77.6 Å². The lowest BCUT2D eigenvalue weighted by atomic mass is 9.99. The van der Waals surface area contributed by atoms with Crippen LogP contribution in [0.5, 0.6) is 5.75 Å². The molecule has 0 saturated carbocycles. The van der Waals surface area contributed by atoms with Crippen molar-refractivity contribution >= 4 is 28.7 Å². The molecular formula is C30H34N6OS. The van der Waals surface area contributed by atoms with Crippen molar-refractivity contribution in [3.8, 4) is 22.7 Å². The predicted octanol–water partition coefficient (Wildman–Crippen LogP) is 6.23. The summed E-state index contributed by atoms with van der Waals surface area (Å²) in [4.78, 5) is 5.77. The van der Waals surface area contributed by atoms with E-state index in [1.165, 1.54) is 10.9 Å². The van der Waals surface area contributed by atoms with Crippen molar-refractivity contribution in [3.63, 3.8) is 0 Å². The number of para-hydroxylation sites is 1. The number of ether oxygens (including phenoxy) is 1. The molecule has 196 valence electrons. The topological polar surface area (TPSA) is 70.5 Å². The van der Waals surface area contributed by atoms with Gasteiger partial charge in [-0.25, -0.2) is 4.68 Å². The van der Waals surface area contributed by atoms with Crippen LogP contribution in [0.15, 0.2) is 65.2 Å². The van der Waals surface area contributed by atoms with Crippen LogP contribution in [0, 0.1) is 12.8 Å². The Morgan fingerprint density at radius 1 is 1.24 bits per heavy atom. The summed E-state index contributed by atoms with van der Waals surface area (Å²) in [5.41, 5.74) is 9.00. The van der Waals surface area contributed by atoms with Crippen LogP contribution < -0.4 is 10.1 Å². The maximum Gasteiger partial charge on any atom is 0.151 e. The van der Waals surface area contributed by atoms with Crippen LogP contribution in [-0.4, -0.2) is 44.1 Å². The largest absolute Gasteiger partial charge is 0.491 e. The van der Waals surface area contributed by atoms with E-state index in [1.54, 1.807) is 11.9 Å². The van der Waals surface area contributed by atoms with Crippen LogP contribution in [0.25, 0.3) is 27.8 Å². The van der Waals surface area contributed by atoms with Gasteiger partial charge >= 0.3 is 0 Å². The van der Waals surface area contributed by atoms with E-state index in [0.717, 1.165) is 70.4 Å². The van der Waals surface area contributed by atoms with Gasteiger partial charge in [0.05, 0.1) is 18.0 Å². The van der Waals surface area contributed by atoms with Crippen molar-refractivity contribution in [2.45, 2.75) is 46.2 Å². The molecule has 1 atom stereocenters. The fraction of sp³-hybridized carbons (Fsp3) is 0.333. The first-order valence-corrected chi connectivity index (χ1v) is 14.0. The van der Waals surface area contributed by atoms with Crippen molar-refractivity contribution in [1.29, 1.82) is 0 Å². The third-order valence-electron chi connectivity index (χ3n) is 7.12. The predicted molar refractivity (Wildman–Crippen MR) is 157 cm³/mol. The van der Waals surface area contributed by atoms with Gasteiger partial charge in [0.1, 0.15) is 17.3 Å². The van der Waals surface area contributed by atoms with E-state index >= 15 is 0 Å². The molecule has 7 nitrogen and oxygen atoms in total. The molecule has 0 saturated heterocycles. The molecular weight excluding hydrogens is 492 g/mol. The number of nitrogens with one attached hydrogen (secondary N) is 2. The van der Waals surface area contributed by atoms with Crippen molar-refractivity contribution in [2.24, 2.45) is 10.3 Å². The van der Waals surface area contributed by atoms with Gasteiger partial charge < -0.3 is 15.0 Å². The van der Waals surface area contributed by atoms with Gasteiger partial charge in [-0.05, 0) is 55.2 Å².